The molecule has 0 bridgehead atoms. The molecule has 5 heteroatoms. The van der Waals surface area contributed by atoms with Crippen molar-refractivity contribution >= 4 is 0 Å². The lowest BCUT2D eigenvalue weighted by atomic mass is 10.1. The fraction of sp³-hybridized carbons (Fsp3) is 1.00. The Morgan fingerprint density at radius 3 is 1.75 bits per heavy atom. The van der Waals surface area contributed by atoms with Crippen LogP contribution in [0.4, 0.5) is 0 Å². The molecule has 0 saturated heterocycles. The van der Waals surface area contributed by atoms with E-state index in [0.29, 0.717) is 6.04 Å². The van der Waals surface area contributed by atoms with Crippen molar-refractivity contribution in [1.29, 1.82) is 0 Å². The molecule has 20 heavy (non-hydrogen) atoms. The standard InChI is InChI=1S/C15H36N4O/c1-16(2)9-8-15(14-18(5)6)19(7)11-13-20-12-10-17(3)4/h15H,8-14H2,1-7H3. The zero-order chi connectivity index (χ0) is 15.5. The average molecular weight is 288 g/mol. The van der Waals surface area contributed by atoms with E-state index >= 15 is 0 Å². The summed E-state index contributed by atoms with van der Waals surface area (Å²) < 4.78 is 5.69. The molecule has 0 radical (unpaired) electrons. The van der Waals surface area contributed by atoms with Crippen molar-refractivity contribution in [2.75, 3.05) is 88.7 Å². The van der Waals surface area contributed by atoms with Gasteiger partial charge in [-0.3, -0.25) is 4.90 Å². The fourth-order valence-electron chi connectivity index (χ4n) is 2.02. The summed E-state index contributed by atoms with van der Waals surface area (Å²) in [7, 11) is 14.9. The molecule has 0 amide bonds. The Balaban J connectivity index is 3.96. The minimum Gasteiger partial charge on any atom is -0.379 e. The molecule has 0 aromatic carbocycles. The molecule has 122 valence electrons. The number of rotatable bonds is 12. The topological polar surface area (TPSA) is 22.2 Å². The molecule has 0 N–H and O–H groups in total. The quantitative estimate of drug-likeness (QED) is 0.483. The molecule has 0 aromatic rings. The third-order valence-electron chi connectivity index (χ3n) is 3.38. The SMILES string of the molecule is CN(C)CCOCCN(C)C(CCN(C)C)CN(C)C. The second-order valence-electron chi connectivity index (χ2n) is 6.40. The van der Waals surface area contributed by atoms with E-state index in [-0.39, 0.29) is 0 Å². The largest absolute Gasteiger partial charge is 0.379 e. The van der Waals surface area contributed by atoms with Crippen LogP contribution in [0, 0.1) is 0 Å². The summed E-state index contributed by atoms with van der Waals surface area (Å²) in [5.41, 5.74) is 0. The Morgan fingerprint density at radius 2 is 1.25 bits per heavy atom. The van der Waals surface area contributed by atoms with Crippen molar-refractivity contribution in [3.63, 3.8) is 0 Å². The van der Waals surface area contributed by atoms with Crippen molar-refractivity contribution < 1.29 is 4.74 Å². The fourth-order valence-corrected chi connectivity index (χ4v) is 2.02. The van der Waals surface area contributed by atoms with Crippen LogP contribution in [0.25, 0.3) is 0 Å². The average Bonchev–Trinajstić information content (AvgIpc) is 2.32. The van der Waals surface area contributed by atoms with Crippen molar-refractivity contribution in [2.45, 2.75) is 12.5 Å². The van der Waals surface area contributed by atoms with E-state index in [1.54, 1.807) is 0 Å². The summed E-state index contributed by atoms with van der Waals surface area (Å²) in [5, 5.41) is 0. The summed E-state index contributed by atoms with van der Waals surface area (Å²) in [4.78, 5) is 9.10. The van der Waals surface area contributed by atoms with E-state index in [4.69, 9.17) is 4.74 Å². The van der Waals surface area contributed by atoms with Gasteiger partial charge in [-0.15, -0.1) is 0 Å². The van der Waals surface area contributed by atoms with Crippen LogP contribution in [-0.2, 0) is 4.74 Å². The summed E-state index contributed by atoms with van der Waals surface area (Å²) >= 11 is 0. The minimum atomic E-state index is 0.588. The maximum absolute atomic E-state index is 5.69. The molecule has 0 aliphatic heterocycles. The minimum absolute atomic E-state index is 0.588. The summed E-state index contributed by atoms with van der Waals surface area (Å²) in [6.45, 7) is 5.85. The Morgan fingerprint density at radius 1 is 0.700 bits per heavy atom. The van der Waals surface area contributed by atoms with Gasteiger partial charge in [-0.25, -0.2) is 0 Å². The van der Waals surface area contributed by atoms with E-state index in [0.717, 1.165) is 39.4 Å². The maximum Gasteiger partial charge on any atom is 0.0594 e. The Labute approximate surface area is 126 Å². The van der Waals surface area contributed by atoms with Crippen LogP contribution in [-0.4, -0.2) is 114 Å². The van der Waals surface area contributed by atoms with E-state index in [1.807, 2.05) is 0 Å². The summed E-state index contributed by atoms with van der Waals surface area (Å²) in [6.07, 6.45) is 1.19. The molecular weight excluding hydrogens is 252 g/mol. The van der Waals surface area contributed by atoms with Gasteiger partial charge < -0.3 is 19.4 Å². The van der Waals surface area contributed by atoms with Crippen LogP contribution >= 0.6 is 0 Å². The number of likely N-dealkylation sites (N-methyl/N-ethyl adjacent to an activating group) is 3. The highest BCUT2D eigenvalue weighted by molar-refractivity contribution is 4.72. The first kappa shape index (κ1) is 19.8. The first-order valence-electron chi connectivity index (χ1n) is 7.55. The van der Waals surface area contributed by atoms with Gasteiger partial charge in [0, 0.05) is 25.7 Å². The molecule has 0 aliphatic carbocycles. The van der Waals surface area contributed by atoms with Crippen LogP contribution in [0.3, 0.4) is 0 Å². The van der Waals surface area contributed by atoms with Gasteiger partial charge in [-0.05, 0) is 62.3 Å². The van der Waals surface area contributed by atoms with Gasteiger partial charge >= 0.3 is 0 Å². The molecule has 5 nitrogen and oxygen atoms in total. The first-order valence-corrected chi connectivity index (χ1v) is 7.55. The van der Waals surface area contributed by atoms with Crippen molar-refractivity contribution in [1.82, 2.24) is 19.6 Å². The predicted molar refractivity (Wildman–Crippen MR) is 87.5 cm³/mol. The number of ether oxygens (including phenoxy) is 1. The van der Waals surface area contributed by atoms with Crippen molar-refractivity contribution in [3.8, 4) is 0 Å². The van der Waals surface area contributed by atoms with Gasteiger partial charge in [0.2, 0.25) is 0 Å². The van der Waals surface area contributed by atoms with Crippen LogP contribution < -0.4 is 0 Å². The zero-order valence-corrected chi connectivity index (χ0v) is 14.7. The van der Waals surface area contributed by atoms with Crippen LogP contribution in [0.2, 0.25) is 0 Å². The molecule has 0 heterocycles. The van der Waals surface area contributed by atoms with Crippen LogP contribution in [0.5, 0.6) is 0 Å². The Kier molecular flexibility index (Phi) is 11.3. The monoisotopic (exact) mass is 288 g/mol. The second-order valence-corrected chi connectivity index (χ2v) is 6.40. The third-order valence-corrected chi connectivity index (χ3v) is 3.38. The van der Waals surface area contributed by atoms with Gasteiger partial charge in [0.1, 0.15) is 0 Å². The van der Waals surface area contributed by atoms with Crippen LogP contribution in [0.15, 0.2) is 0 Å². The van der Waals surface area contributed by atoms with Crippen molar-refractivity contribution in [2.24, 2.45) is 0 Å². The van der Waals surface area contributed by atoms with E-state index in [9.17, 15) is 0 Å². The molecule has 0 aliphatic rings. The lowest BCUT2D eigenvalue weighted by Crippen LogP contribution is -2.43. The second kappa shape index (κ2) is 11.5. The predicted octanol–water partition coefficient (Wildman–Crippen LogP) is 0.378. The summed E-state index contributed by atoms with van der Waals surface area (Å²) in [5.74, 6) is 0. The lowest BCUT2D eigenvalue weighted by Gasteiger charge is -2.31. The maximum atomic E-state index is 5.69. The van der Waals surface area contributed by atoms with Gasteiger partial charge in [0.05, 0.1) is 13.2 Å². The molecule has 0 saturated carbocycles. The molecular formula is C15H36N4O. The van der Waals surface area contributed by atoms with E-state index < -0.39 is 0 Å². The van der Waals surface area contributed by atoms with Crippen LogP contribution in [0.1, 0.15) is 6.42 Å². The zero-order valence-electron chi connectivity index (χ0n) is 14.7. The molecule has 1 unspecified atom stereocenters. The van der Waals surface area contributed by atoms with Gasteiger partial charge in [-0.2, -0.15) is 0 Å². The molecule has 1 atom stereocenters. The van der Waals surface area contributed by atoms with E-state index in [1.165, 1.54) is 6.42 Å². The normalized spacial score (nSPS) is 13.9. The Hall–Kier alpha value is -0.200. The Bertz CT molecular complexity index is 222. The van der Waals surface area contributed by atoms with Gasteiger partial charge in [0.25, 0.3) is 0 Å². The lowest BCUT2D eigenvalue weighted by molar-refractivity contribution is 0.0797. The number of hydrogen-bond acceptors (Lipinski definition) is 5. The van der Waals surface area contributed by atoms with Crippen molar-refractivity contribution in [3.05, 3.63) is 0 Å². The molecule has 0 rings (SSSR count). The highest BCUT2D eigenvalue weighted by Gasteiger charge is 2.15. The highest BCUT2D eigenvalue weighted by Crippen LogP contribution is 2.04. The molecule has 0 fully saturated rings. The first-order chi connectivity index (χ1) is 9.32. The molecule has 0 spiro atoms. The number of nitrogens with zero attached hydrogens (tertiary/aromatic N) is 4. The van der Waals surface area contributed by atoms with Gasteiger partial charge in [-0.1, -0.05) is 0 Å². The third kappa shape index (κ3) is 11.6. The number of hydrogen-bond donors (Lipinski definition) is 0. The summed E-state index contributed by atoms with van der Waals surface area (Å²) in [6, 6.07) is 0.588. The molecule has 0 aromatic heterocycles. The smallest absolute Gasteiger partial charge is 0.0594 e. The van der Waals surface area contributed by atoms with E-state index in [2.05, 4.69) is 68.9 Å². The van der Waals surface area contributed by atoms with Gasteiger partial charge in [0.15, 0.2) is 0 Å². The highest BCUT2D eigenvalue weighted by atomic mass is 16.5.